The van der Waals surface area contributed by atoms with E-state index in [0.29, 0.717) is 47.4 Å². The van der Waals surface area contributed by atoms with Crippen molar-refractivity contribution >= 4 is 34.8 Å². The molecule has 1 heterocycles. The number of carbonyl (C=O) groups excluding carboxylic acids is 2. The summed E-state index contributed by atoms with van der Waals surface area (Å²) in [5, 5.41) is 3.18. The van der Waals surface area contributed by atoms with Gasteiger partial charge >= 0.3 is 0 Å². The first-order valence-electron chi connectivity index (χ1n) is 9.84. The molecule has 3 rings (SSSR count). The molecule has 0 aromatic heterocycles. The topological polar surface area (TPSA) is 67.9 Å². The van der Waals surface area contributed by atoms with Crippen LogP contribution in [0.2, 0.25) is 5.02 Å². The Labute approximate surface area is 175 Å². The number of halogens is 1. The van der Waals surface area contributed by atoms with E-state index in [1.54, 1.807) is 29.2 Å². The van der Waals surface area contributed by atoms with Gasteiger partial charge in [0, 0.05) is 29.9 Å². The van der Waals surface area contributed by atoms with E-state index < -0.39 is 0 Å². The van der Waals surface area contributed by atoms with Crippen molar-refractivity contribution in [3.63, 3.8) is 0 Å². The zero-order chi connectivity index (χ0) is 20.8. The van der Waals surface area contributed by atoms with Gasteiger partial charge in [0.15, 0.2) is 11.5 Å². The van der Waals surface area contributed by atoms with Gasteiger partial charge < -0.3 is 19.7 Å². The van der Waals surface area contributed by atoms with E-state index in [0.717, 1.165) is 25.1 Å². The highest BCUT2D eigenvalue weighted by Gasteiger charge is 2.21. The summed E-state index contributed by atoms with van der Waals surface area (Å²) in [6.07, 6.45) is 2.29. The van der Waals surface area contributed by atoms with Crippen LogP contribution in [-0.4, -0.2) is 31.6 Å². The van der Waals surface area contributed by atoms with Crippen LogP contribution in [0.3, 0.4) is 0 Å². The van der Waals surface area contributed by atoms with E-state index in [1.807, 2.05) is 26.0 Å². The van der Waals surface area contributed by atoms with Crippen molar-refractivity contribution in [1.82, 2.24) is 0 Å². The molecule has 1 aliphatic heterocycles. The summed E-state index contributed by atoms with van der Waals surface area (Å²) in [5.41, 5.74) is 1.84. The van der Waals surface area contributed by atoms with E-state index >= 15 is 0 Å². The van der Waals surface area contributed by atoms with Gasteiger partial charge in [-0.25, -0.2) is 0 Å². The molecule has 154 valence electrons. The number of hydrogen-bond donors (Lipinski definition) is 1. The third kappa shape index (κ3) is 5.01. The molecular formula is C22H25ClN2O4. The molecule has 0 atom stereocenters. The molecule has 6 nitrogen and oxygen atoms in total. The fourth-order valence-electron chi connectivity index (χ4n) is 3.16. The molecule has 0 radical (unpaired) electrons. The molecule has 0 unspecified atom stereocenters. The number of ether oxygens (including phenoxy) is 2. The second kappa shape index (κ2) is 9.65. The van der Waals surface area contributed by atoms with E-state index in [4.69, 9.17) is 21.1 Å². The minimum absolute atomic E-state index is 0.130. The first-order chi connectivity index (χ1) is 14.0. The fraction of sp³-hybridized carbons (Fsp3) is 0.364. The van der Waals surface area contributed by atoms with Crippen LogP contribution < -0.4 is 19.7 Å². The molecule has 2 aromatic rings. The van der Waals surface area contributed by atoms with Gasteiger partial charge in [0.2, 0.25) is 5.91 Å². The second-order valence-electron chi connectivity index (χ2n) is 6.72. The van der Waals surface area contributed by atoms with Gasteiger partial charge in [0.05, 0.1) is 18.2 Å². The van der Waals surface area contributed by atoms with Crippen molar-refractivity contribution in [1.29, 1.82) is 0 Å². The molecule has 0 saturated carbocycles. The van der Waals surface area contributed by atoms with Gasteiger partial charge in [-0.2, -0.15) is 0 Å². The average molecular weight is 417 g/mol. The number of benzene rings is 2. The Morgan fingerprint density at radius 2 is 1.93 bits per heavy atom. The molecule has 2 amide bonds. The van der Waals surface area contributed by atoms with Crippen molar-refractivity contribution in [3.8, 4) is 11.5 Å². The third-order valence-corrected chi connectivity index (χ3v) is 4.81. The quantitative estimate of drug-likeness (QED) is 0.664. The Balaban J connectivity index is 1.75. The van der Waals surface area contributed by atoms with E-state index in [1.165, 1.54) is 0 Å². The second-order valence-corrected chi connectivity index (χ2v) is 7.12. The lowest BCUT2D eigenvalue weighted by atomic mass is 10.1. The Kier molecular flexibility index (Phi) is 6.99. The van der Waals surface area contributed by atoms with Crippen LogP contribution in [0, 0.1) is 0 Å². The number of amides is 2. The number of rotatable bonds is 8. The Bertz CT molecular complexity index is 883. The predicted molar refractivity (Wildman–Crippen MR) is 114 cm³/mol. The maximum Gasteiger partial charge on any atom is 0.255 e. The summed E-state index contributed by atoms with van der Waals surface area (Å²) in [6.45, 7) is 5.53. The normalized spacial score (nSPS) is 13.5. The Morgan fingerprint density at radius 3 is 2.55 bits per heavy atom. The van der Waals surface area contributed by atoms with Crippen LogP contribution in [0.1, 0.15) is 43.5 Å². The van der Waals surface area contributed by atoms with Gasteiger partial charge in [-0.3, -0.25) is 9.59 Å². The number of carbonyl (C=O) groups is 2. The molecule has 1 N–H and O–H groups in total. The summed E-state index contributed by atoms with van der Waals surface area (Å²) in [6, 6.07) is 10.4. The number of nitrogens with zero attached hydrogens (tertiary/aromatic N) is 1. The van der Waals surface area contributed by atoms with Crippen LogP contribution in [-0.2, 0) is 4.79 Å². The van der Waals surface area contributed by atoms with Crippen molar-refractivity contribution < 1.29 is 19.1 Å². The first-order valence-corrected chi connectivity index (χ1v) is 10.2. The largest absolute Gasteiger partial charge is 0.490 e. The summed E-state index contributed by atoms with van der Waals surface area (Å²) in [5.74, 6) is 0.721. The smallest absolute Gasteiger partial charge is 0.255 e. The maximum atomic E-state index is 12.7. The van der Waals surface area contributed by atoms with Gasteiger partial charge in [-0.1, -0.05) is 18.5 Å². The molecule has 1 aliphatic rings. The van der Waals surface area contributed by atoms with Gasteiger partial charge in [-0.05, 0) is 56.2 Å². The van der Waals surface area contributed by atoms with Gasteiger partial charge in [0.25, 0.3) is 5.91 Å². The lowest BCUT2D eigenvalue weighted by molar-refractivity contribution is -0.117. The van der Waals surface area contributed by atoms with E-state index in [9.17, 15) is 9.59 Å². The predicted octanol–water partition coefficient (Wildman–Crippen LogP) is 4.91. The van der Waals surface area contributed by atoms with Crippen LogP contribution in [0.15, 0.2) is 36.4 Å². The number of nitrogens with one attached hydrogen (secondary N) is 1. The van der Waals surface area contributed by atoms with Crippen molar-refractivity contribution in [3.05, 3.63) is 47.0 Å². The minimum Gasteiger partial charge on any atom is -0.490 e. The summed E-state index contributed by atoms with van der Waals surface area (Å²) >= 11 is 6.34. The van der Waals surface area contributed by atoms with Crippen LogP contribution >= 0.6 is 11.6 Å². The lowest BCUT2D eigenvalue weighted by Crippen LogP contribution is -2.23. The minimum atomic E-state index is -0.306. The number of hydrogen-bond acceptors (Lipinski definition) is 4. The van der Waals surface area contributed by atoms with Crippen LogP contribution in [0.5, 0.6) is 11.5 Å². The van der Waals surface area contributed by atoms with Crippen molar-refractivity contribution in [2.75, 3.05) is 30.0 Å². The van der Waals surface area contributed by atoms with Crippen molar-refractivity contribution in [2.45, 2.75) is 33.1 Å². The Hall–Kier alpha value is -2.73. The standard InChI is InChI=1S/C22H25ClN2O4/c1-3-12-29-21-18(23)13-15(14-19(21)28-4-2)22(27)24-16-7-9-17(10-8-16)25-11-5-6-20(25)26/h7-10,13-14H,3-6,11-12H2,1-2H3,(H,24,27). The molecule has 1 saturated heterocycles. The van der Waals surface area contributed by atoms with Crippen LogP contribution in [0.4, 0.5) is 11.4 Å². The molecular weight excluding hydrogens is 392 g/mol. The summed E-state index contributed by atoms with van der Waals surface area (Å²) in [4.78, 5) is 26.3. The first kappa shape index (κ1) is 21.0. The highest BCUT2D eigenvalue weighted by atomic mass is 35.5. The van der Waals surface area contributed by atoms with Crippen molar-refractivity contribution in [2.24, 2.45) is 0 Å². The lowest BCUT2D eigenvalue weighted by Gasteiger charge is -2.16. The summed E-state index contributed by atoms with van der Waals surface area (Å²) in [7, 11) is 0. The molecule has 1 fully saturated rings. The fourth-order valence-corrected chi connectivity index (χ4v) is 3.42. The molecule has 29 heavy (non-hydrogen) atoms. The molecule has 0 aliphatic carbocycles. The average Bonchev–Trinajstić information content (AvgIpc) is 3.14. The molecule has 0 spiro atoms. The van der Waals surface area contributed by atoms with Gasteiger partial charge in [-0.15, -0.1) is 0 Å². The maximum absolute atomic E-state index is 12.7. The van der Waals surface area contributed by atoms with Gasteiger partial charge in [0.1, 0.15) is 0 Å². The Morgan fingerprint density at radius 1 is 1.17 bits per heavy atom. The highest BCUT2D eigenvalue weighted by Crippen LogP contribution is 2.37. The molecule has 0 bridgehead atoms. The van der Waals surface area contributed by atoms with E-state index in [2.05, 4.69) is 5.32 Å². The molecule has 7 heteroatoms. The summed E-state index contributed by atoms with van der Waals surface area (Å²) < 4.78 is 11.3. The molecule has 2 aromatic carbocycles. The van der Waals surface area contributed by atoms with E-state index in [-0.39, 0.29) is 11.8 Å². The SMILES string of the molecule is CCCOc1c(Cl)cc(C(=O)Nc2ccc(N3CCCC3=O)cc2)cc1OCC. The van der Waals surface area contributed by atoms with Crippen LogP contribution in [0.25, 0.3) is 0 Å². The monoisotopic (exact) mass is 416 g/mol. The highest BCUT2D eigenvalue weighted by molar-refractivity contribution is 6.32. The zero-order valence-corrected chi connectivity index (χ0v) is 17.4. The number of anilines is 2. The third-order valence-electron chi connectivity index (χ3n) is 4.53. The zero-order valence-electron chi connectivity index (χ0n) is 16.7.